The predicted molar refractivity (Wildman–Crippen MR) is 76.9 cm³/mol. The lowest BCUT2D eigenvalue weighted by molar-refractivity contribution is 0.194. The van der Waals surface area contributed by atoms with Crippen molar-refractivity contribution in [3.05, 3.63) is 36.4 Å². The van der Waals surface area contributed by atoms with E-state index in [1.54, 1.807) is 20.3 Å². The van der Waals surface area contributed by atoms with Crippen LogP contribution in [0, 0.1) is 0 Å². The Morgan fingerprint density at radius 3 is 2.79 bits per heavy atom. The molecule has 1 N–H and O–H groups in total. The van der Waals surface area contributed by atoms with E-state index < -0.39 is 0 Å². The lowest BCUT2D eigenvalue weighted by Gasteiger charge is -2.11. The zero-order chi connectivity index (χ0) is 13.9. The average molecular weight is 265 g/mol. The summed E-state index contributed by atoms with van der Waals surface area (Å²) >= 11 is 0. The van der Waals surface area contributed by atoms with Crippen LogP contribution in [0.15, 0.2) is 30.9 Å². The zero-order valence-corrected chi connectivity index (χ0v) is 11.8. The molecule has 0 amide bonds. The largest absolute Gasteiger partial charge is 0.493 e. The number of hydrogen-bond donors (Lipinski definition) is 1. The maximum atomic E-state index is 5.51. The van der Waals surface area contributed by atoms with E-state index in [4.69, 9.17) is 14.2 Å². The van der Waals surface area contributed by atoms with E-state index >= 15 is 0 Å². The van der Waals surface area contributed by atoms with Crippen LogP contribution < -0.4 is 14.8 Å². The number of nitrogens with one attached hydrogen (secondary N) is 1. The first-order valence-electron chi connectivity index (χ1n) is 6.42. The third-order valence-electron chi connectivity index (χ3n) is 2.62. The molecular weight excluding hydrogens is 242 g/mol. The molecule has 0 saturated heterocycles. The smallest absolute Gasteiger partial charge is 0.161 e. The summed E-state index contributed by atoms with van der Waals surface area (Å²) < 4.78 is 15.8. The highest BCUT2D eigenvalue weighted by molar-refractivity contribution is 5.43. The Kier molecular flexibility index (Phi) is 7.70. The van der Waals surface area contributed by atoms with Crippen molar-refractivity contribution in [3.8, 4) is 11.5 Å². The van der Waals surface area contributed by atoms with Gasteiger partial charge in [-0.05, 0) is 30.7 Å². The maximum absolute atomic E-state index is 5.51. The first kappa shape index (κ1) is 15.5. The molecule has 0 bridgehead atoms. The SMILES string of the molecule is C=CCOc1ccc(CNCCCOC)cc1OC. The van der Waals surface area contributed by atoms with Crippen molar-refractivity contribution in [2.24, 2.45) is 0 Å². The summed E-state index contributed by atoms with van der Waals surface area (Å²) in [5, 5.41) is 3.36. The number of methoxy groups -OCH3 is 2. The second-order valence-corrected chi connectivity index (χ2v) is 4.11. The molecule has 0 atom stereocenters. The topological polar surface area (TPSA) is 39.7 Å². The van der Waals surface area contributed by atoms with Crippen molar-refractivity contribution in [1.82, 2.24) is 5.32 Å². The second-order valence-electron chi connectivity index (χ2n) is 4.11. The van der Waals surface area contributed by atoms with Crippen LogP contribution in [0.25, 0.3) is 0 Å². The van der Waals surface area contributed by atoms with Gasteiger partial charge in [0.05, 0.1) is 7.11 Å². The van der Waals surface area contributed by atoms with Gasteiger partial charge in [0, 0.05) is 20.3 Å². The summed E-state index contributed by atoms with van der Waals surface area (Å²) in [4.78, 5) is 0. The Morgan fingerprint density at radius 1 is 1.26 bits per heavy atom. The van der Waals surface area contributed by atoms with Gasteiger partial charge in [-0.15, -0.1) is 0 Å². The monoisotopic (exact) mass is 265 g/mol. The second kappa shape index (κ2) is 9.42. The molecule has 1 rings (SSSR count). The van der Waals surface area contributed by atoms with Crippen LogP contribution in [0.1, 0.15) is 12.0 Å². The number of benzene rings is 1. The highest BCUT2D eigenvalue weighted by Crippen LogP contribution is 2.27. The van der Waals surface area contributed by atoms with Crippen LogP contribution in [0.5, 0.6) is 11.5 Å². The molecule has 0 aliphatic carbocycles. The van der Waals surface area contributed by atoms with Gasteiger partial charge < -0.3 is 19.5 Å². The summed E-state index contributed by atoms with van der Waals surface area (Å²) in [6.07, 6.45) is 2.72. The summed E-state index contributed by atoms with van der Waals surface area (Å²) in [6.45, 7) is 6.63. The van der Waals surface area contributed by atoms with E-state index in [9.17, 15) is 0 Å². The molecule has 4 heteroatoms. The van der Waals surface area contributed by atoms with Crippen LogP contribution in [0.4, 0.5) is 0 Å². The van der Waals surface area contributed by atoms with Gasteiger partial charge in [-0.25, -0.2) is 0 Å². The van der Waals surface area contributed by atoms with Gasteiger partial charge in [-0.3, -0.25) is 0 Å². The molecule has 0 saturated carbocycles. The Morgan fingerprint density at radius 2 is 2.11 bits per heavy atom. The maximum Gasteiger partial charge on any atom is 0.161 e. The summed E-state index contributed by atoms with van der Waals surface area (Å²) in [6, 6.07) is 5.94. The minimum atomic E-state index is 0.477. The molecule has 0 fully saturated rings. The lowest BCUT2D eigenvalue weighted by atomic mass is 10.2. The summed E-state index contributed by atoms with van der Waals surface area (Å²) in [5.74, 6) is 1.49. The molecular formula is C15H23NO3. The molecule has 1 aromatic rings. The van der Waals surface area contributed by atoms with Gasteiger partial charge in [0.2, 0.25) is 0 Å². The zero-order valence-electron chi connectivity index (χ0n) is 11.8. The van der Waals surface area contributed by atoms with Crippen LogP contribution >= 0.6 is 0 Å². The van der Waals surface area contributed by atoms with Crippen molar-refractivity contribution in [1.29, 1.82) is 0 Å². The van der Waals surface area contributed by atoms with Gasteiger partial charge in [-0.1, -0.05) is 18.7 Å². The Labute approximate surface area is 115 Å². The summed E-state index contributed by atoms with van der Waals surface area (Å²) in [7, 11) is 3.36. The van der Waals surface area contributed by atoms with Crippen molar-refractivity contribution in [3.63, 3.8) is 0 Å². The fourth-order valence-electron chi connectivity index (χ4n) is 1.66. The Bertz CT molecular complexity index is 380. The molecule has 19 heavy (non-hydrogen) atoms. The molecule has 106 valence electrons. The molecule has 4 nitrogen and oxygen atoms in total. The van der Waals surface area contributed by atoms with E-state index in [0.29, 0.717) is 6.61 Å². The molecule has 0 spiro atoms. The average Bonchev–Trinajstić information content (AvgIpc) is 2.45. The van der Waals surface area contributed by atoms with Gasteiger partial charge in [0.25, 0.3) is 0 Å². The molecule has 0 radical (unpaired) electrons. The minimum absolute atomic E-state index is 0.477. The molecule has 1 aromatic carbocycles. The molecule has 0 heterocycles. The van der Waals surface area contributed by atoms with Crippen molar-refractivity contribution < 1.29 is 14.2 Å². The van der Waals surface area contributed by atoms with Crippen molar-refractivity contribution in [2.45, 2.75) is 13.0 Å². The third-order valence-corrected chi connectivity index (χ3v) is 2.62. The number of hydrogen-bond acceptors (Lipinski definition) is 4. The fourth-order valence-corrected chi connectivity index (χ4v) is 1.66. The van der Waals surface area contributed by atoms with Crippen LogP contribution in [-0.2, 0) is 11.3 Å². The van der Waals surface area contributed by atoms with E-state index in [1.165, 1.54) is 5.56 Å². The van der Waals surface area contributed by atoms with Crippen molar-refractivity contribution in [2.75, 3.05) is 34.0 Å². The molecule has 0 aliphatic heterocycles. The minimum Gasteiger partial charge on any atom is -0.493 e. The quantitative estimate of drug-likeness (QED) is 0.521. The first-order valence-corrected chi connectivity index (χ1v) is 6.42. The van der Waals surface area contributed by atoms with Gasteiger partial charge in [-0.2, -0.15) is 0 Å². The normalized spacial score (nSPS) is 10.2. The number of rotatable bonds is 10. The molecule has 0 aromatic heterocycles. The standard InChI is InChI=1S/C15H23NO3/c1-4-9-19-14-7-6-13(11-15(14)18-3)12-16-8-5-10-17-2/h4,6-7,11,16H,1,5,8-10,12H2,2-3H3. The van der Waals surface area contributed by atoms with Gasteiger partial charge in [0.15, 0.2) is 11.5 Å². The predicted octanol–water partition coefficient (Wildman–Crippen LogP) is 2.39. The van der Waals surface area contributed by atoms with Crippen LogP contribution in [0.2, 0.25) is 0 Å². The van der Waals surface area contributed by atoms with E-state index in [2.05, 4.69) is 11.9 Å². The lowest BCUT2D eigenvalue weighted by Crippen LogP contribution is -2.16. The van der Waals surface area contributed by atoms with E-state index in [-0.39, 0.29) is 0 Å². The van der Waals surface area contributed by atoms with Gasteiger partial charge >= 0.3 is 0 Å². The third kappa shape index (κ3) is 5.77. The molecule has 0 aliphatic rings. The van der Waals surface area contributed by atoms with E-state index in [0.717, 1.165) is 37.6 Å². The van der Waals surface area contributed by atoms with Crippen LogP contribution in [-0.4, -0.2) is 34.0 Å². The molecule has 0 unspecified atom stereocenters. The van der Waals surface area contributed by atoms with Crippen molar-refractivity contribution >= 4 is 0 Å². The fraction of sp³-hybridized carbons (Fsp3) is 0.467. The Hall–Kier alpha value is -1.52. The highest BCUT2D eigenvalue weighted by Gasteiger charge is 2.05. The van der Waals surface area contributed by atoms with E-state index in [1.807, 2.05) is 18.2 Å². The van der Waals surface area contributed by atoms with Gasteiger partial charge in [0.1, 0.15) is 6.61 Å². The van der Waals surface area contributed by atoms with Crippen LogP contribution in [0.3, 0.4) is 0 Å². The highest BCUT2D eigenvalue weighted by atomic mass is 16.5. The number of ether oxygens (including phenoxy) is 3. The first-order chi connectivity index (χ1) is 9.31. The Balaban J connectivity index is 2.48. The summed E-state index contributed by atoms with van der Waals surface area (Å²) in [5.41, 5.74) is 1.17.